The van der Waals surface area contributed by atoms with Crippen LogP contribution in [0.4, 0.5) is 0 Å². The van der Waals surface area contributed by atoms with E-state index in [1.807, 2.05) is 0 Å². The number of carbonyl (C=O) groups excluding carboxylic acids is 1. The average molecular weight is 211 g/mol. The molecular formula is C12H21NO2. The van der Waals surface area contributed by atoms with E-state index in [4.69, 9.17) is 4.74 Å². The van der Waals surface area contributed by atoms with Gasteiger partial charge in [-0.2, -0.15) is 0 Å². The molecule has 2 rings (SSSR count). The van der Waals surface area contributed by atoms with Crippen molar-refractivity contribution in [1.82, 2.24) is 4.90 Å². The number of carbonyl (C=O) groups is 1. The molecule has 1 heterocycles. The fraction of sp³-hybridized carbons (Fsp3) is 0.917. The van der Waals surface area contributed by atoms with Crippen LogP contribution < -0.4 is 0 Å². The smallest absolute Gasteiger partial charge is 0.309 e. The Morgan fingerprint density at radius 2 is 1.93 bits per heavy atom. The number of likely N-dealkylation sites (tertiary alicyclic amines) is 1. The highest BCUT2D eigenvalue weighted by Crippen LogP contribution is 2.28. The van der Waals surface area contributed by atoms with Crippen LogP contribution in [-0.2, 0) is 9.53 Å². The predicted molar refractivity (Wildman–Crippen MR) is 58.6 cm³/mol. The number of esters is 1. The molecule has 0 aromatic heterocycles. The maximum absolute atomic E-state index is 11.5. The van der Waals surface area contributed by atoms with Gasteiger partial charge in [-0.05, 0) is 32.2 Å². The lowest BCUT2D eigenvalue weighted by Gasteiger charge is -2.35. The zero-order valence-electron chi connectivity index (χ0n) is 9.58. The molecule has 15 heavy (non-hydrogen) atoms. The Labute approximate surface area is 91.8 Å². The SMILES string of the molecule is COC(=O)C1CCCN(C2CCCC2)C1. The Morgan fingerprint density at radius 1 is 1.20 bits per heavy atom. The van der Waals surface area contributed by atoms with Crippen molar-refractivity contribution < 1.29 is 9.53 Å². The van der Waals surface area contributed by atoms with Crippen molar-refractivity contribution in [3.8, 4) is 0 Å². The summed E-state index contributed by atoms with van der Waals surface area (Å²) in [4.78, 5) is 14.0. The minimum Gasteiger partial charge on any atom is -0.469 e. The molecule has 0 radical (unpaired) electrons. The first-order valence-electron chi connectivity index (χ1n) is 6.13. The molecule has 1 unspecified atom stereocenters. The quantitative estimate of drug-likeness (QED) is 0.652. The number of methoxy groups -OCH3 is 1. The second-order valence-electron chi connectivity index (χ2n) is 4.80. The van der Waals surface area contributed by atoms with Crippen LogP contribution in [0.3, 0.4) is 0 Å². The molecule has 2 fully saturated rings. The molecule has 0 aromatic carbocycles. The van der Waals surface area contributed by atoms with Crippen molar-refractivity contribution >= 4 is 5.97 Å². The van der Waals surface area contributed by atoms with Gasteiger partial charge in [0.2, 0.25) is 0 Å². The molecular weight excluding hydrogens is 190 g/mol. The second kappa shape index (κ2) is 4.97. The highest BCUT2D eigenvalue weighted by molar-refractivity contribution is 5.72. The van der Waals surface area contributed by atoms with E-state index in [1.54, 1.807) is 0 Å². The van der Waals surface area contributed by atoms with Gasteiger partial charge in [0.1, 0.15) is 0 Å². The molecule has 0 bridgehead atoms. The first kappa shape index (κ1) is 10.9. The van der Waals surface area contributed by atoms with Gasteiger partial charge >= 0.3 is 5.97 Å². The molecule has 1 saturated carbocycles. The Hall–Kier alpha value is -0.570. The Bertz CT molecular complexity index is 224. The third-order valence-corrected chi connectivity index (χ3v) is 3.83. The summed E-state index contributed by atoms with van der Waals surface area (Å²) < 4.78 is 4.84. The lowest BCUT2D eigenvalue weighted by Crippen LogP contribution is -2.43. The van der Waals surface area contributed by atoms with E-state index in [0.717, 1.165) is 25.4 Å². The zero-order valence-corrected chi connectivity index (χ0v) is 9.58. The van der Waals surface area contributed by atoms with E-state index in [9.17, 15) is 4.79 Å². The van der Waals surface area contributed by atoms with E-state index in [-0.39, 0.29) is 11.9 Å². The number of nitrogens with zero attached hydrogens (tertiary/aromatic N) is 1. The topological polar surface area (TPSA) is 29.5 Å². The maximum Gasteiger partial charge on any atom is 0.309 e. The van der Waals surface area contributed by atoms with Crippen LogP contribution in [0, 0.1) is 5.92 Å². The molecule has 86 valence electrons. The van der Waals surface area contributed by atoms with Crippen LogP contribution in [0.25, 0.3) is 0 Å². The van der Waals surface area contributed by atoms with Gasteiger partial charge in [0.25, 0.3) is 0 Å². The molecule has 1 atom stereocenters. The molecule has 1 aliphatic heterocycles. The lowest BCUT2D eigenvalue weighted by molar-refractivity contribution is -0.147. The number of hydrogen-bond acceptors (Lipinski definition) is 3. The van der Waals surface area contributed by atoms with Crippen molar-refractivity contribution in [2.24, 2.45) is 5.92 Å². The van der Waals surface area contributed by atoms with Gasteiger partial charge in [-0.1, -0.05) is 12.8 Å². The van der Waals surface area contributed by atoms with Crippen LogP contribution in [0.15, 0.2) is 0 Å². The Kier molecular flexibility index (Phi) is 3.62. The van der Waals surface area contributed by atoms with Crippen LogP contribution in [0.2, 0.25) is 0 Å². The Morgan fingerprint density at radius 3 is 2.60 bits per heavy atom. The number of rotatable bonds is 2. The third-order valence-electron chi connectivity index (χ3n) is 3.83. The number of piperidine rings is 1. The van der Waals surface area contributed by atoms with Crippen molar-refractivity contribution in [3.05, 3.63) is 0 Å². The van der Waals surface area contributed by atoms with Crippen molar-refractivity contribution in [2.45, 2.75) is 44.6 Å². The van der Waals surface area contributed by atoms with Gasteiger partial charge < -0.3 is 4.74 Å². The summed E-state index contributed by atoms with van der Waals surface area (Å²) in [6.07, 6.45) is 7.54. The van der Waals surface area contributed by atoms with Crippen molar-refractivity contribution in [3.63, 3.8) is 0 Å². The van der Waals surface area contributed by atoms with Gasteiger partial charge in [0, 0.05) is 12.6 Å². The fourth-order valence-corrected chi connectivity index (χ4v) is 2.97. The minimum absolute atomic E-state index is 0.0160. The van der Waals surface area contributed by atoms with Crippen molar-refractivity contribution in [1.29, 1.82) is 0 Å². The van der Waals surface area contributed by atoms with Gasteiger partial charge in [0.05, 0.1) is 13.0 Å². The van der Waals surface area contributed by atoms with E-state index in [1.165, 1.54) is 39.3 Å². The van der Waals surface area contributed by atoms with Gasteiger partial charge in [-0.15, -0.1) is 0 Å². The number of ether oxygens (including phenoxy) is 1. The molecule has 2 aliphatic rings. The van der Waals surface area contributed by atoms with Gasteiger partial charge in [0.15, 0.2) is 0 Å². The monoisotopic (exact) mass is 211 g/mol. The maximum atomic E-state index is 11.5. The number of hydrogen-bond donors (Lipinski definition) is 0. The molecule has 1 saturated heterocycles. The highest BCUT2D eigenvalue weighted by Gasteiger charge is 2.31. The molecule has 1 aliphatic carbocycles. The van der Waals surface area contributed by atoms with E-state index in [0.29, 0.717) is 0 Å². The summed E-state index contributed by atoms with van der Waals surface area (Å²) in [6.45, 7) is 2.11. The fourth-order valence-electron chi connectivity index (χ4n) is 2.97. The predicted octanol–water partition coefficient (Wildman–Crippen LogP) is 1.81. The summed E-state index contributed by atoms with van der Waals surface area (Å²) >= 11 is 0. The summed E-state index contributed by atoms with van der Waals surface area (Å²) in [5.41, 5.74) is 0. The van der Waals surface area contributed by atoms with Gasteiger partial charge in [-0.25, -0.2) is 0 Å². The first-order valence-corrected chi connectivity index (χ1v) is 6.13. The van der Waals surface area contributed by atoms with Crippen molar-refractivity contribution in [2.75, 3.05) is 20.2 Å². The minimum atomic E-state index is -0.0160. The van der Waals surface area contributed by atoms with E-state index < -0.39 is 0 Å². The first-order chi connectivity index (χ1) is 7.31. The van der Waals surface area contributed by atoms with Gasteiger partial charge in [-0.3, -0.25) is 9.69 Å². The Balaban J connectivity index is 1.88. The zero-order chi connectivity index (χ0) is 10.7. The normalized spacial score (nSPS) is 29.3. The van der Waals surface area contributed by atoms with Crippen LogP contribution in [0.5, 0.6) is 0 Å². The second-order valence-corrected chi connectivity index (χ2v) is 4.80. The van der Waals surface area contributed by atoms with E-state index in [2.05, 4.69) is 4.90 Å². The van der Waals surface area contributed by atoms with Crippen LogP contribution in [-0.4, -0.2) is 37.1 Å². The van der Waals surface area contributed by atoms with Crippen LogP contribution in [0.1, 0.15) is 38.5 Å². The molecule has 0 aromatic rings. The summed E-state index contributed by atoms with van der Waals surface area (Å²) in [5.74, 6) is 0.113. The molecule has 0 N–H and O–H groups in total. The van der Waals surface area contributed by atoms with Crippen LogP contribution >= 0.6 is 0 Å². The summed E-state index contributed by atoms with van der Waals surface area (Å²) in [6, 6.07) is 0.748. The molecule has 0 amide bonds. The standard InChI is InChI=1S/C12H21NO2/c1-15-12(14)10-5-4-8-13(9-10)11-6-2-3-7-11/h10-11H,2-9H2,1H3. The summed E-state index contributed by atoms with van der Waals surface area (Å²) in [5, 5.41) is 0. The molecule has 3 nitrogen and oxygen atoms in total. The largest absolute Gasteiger partial charge is 0.469 e. The van der Waals surface area contributed by atoms with E-state index >= 15 is 0 Å². The summed E-state index contributed by atoms with van der Waals surface area (Å²) in [7, 11) is 1.50. The molecule has 3 heteroatoms. The third kappa shape index (κ3) is 2.51. The lowest BCUT2D eigenvalue weighted by atomic mass is 9.96. The highest BCUT2D eigenvalue weighted by atomic mass is 16.5. The average Bonchev–Trinajstić information content (AvgIpc) is 2.82. The molecule has 0 spiro atoms.